The minimum absolute atomic E-state index is 0.105. The van der Waals surface area contributed by atoms with Gasteiger partial charge in [-0.2, -0.15) is 0 Å². The molecule has 0 heterocycles. The number of benzene rings is 2. The monoisotopic (exact) mass is 532 g/mol. The lowest BCUT2D eigenvalue weighted by molar-refractivity contribution is 0.102. The molecule has 2 rings (SSSR count). The Balaban J connectivity index is 1.72. The summed E-state index contributed by atoms with van der Waals surface area (Å²) < 4.78 is 27.7. The van der Waals surface area contributed by atoms with Gasteiger partial charge in [-0.25, -0.2) is 8.42 Å². The topological polar surface area (TPSA) is 116 Å². The summed E-state index contributed by atoms with van der Waals surface area (Å²) >= 11 is 0. The minimum atomic E-state index is -3.79. The first kappa shape index (κ1) is 30.5. The van der Waals surface area contributed by atoms with E-state index in [2.05, 4.69) is 17.0 Å². The summed E-state index contributed by atoms with van der Waals surface area (Å²) in [5, 5.41) is 23.0. The quantitative estimate of drug-likeness (QED) is 0.0846. The third-order valence-corrected chi connectivity index (χ3v) is 7.80. The Kier molecular flexibility index (Phi) is 13.9. The molecule has 2 aromatic rings. The van der Waals surface area contributed by atoms with E-state index >= 15 is 0 Å². The second-order valence-corrected chi connectivity index (χ2v) is 11.5. The number of amides is 1. The summed E-state index contributed by atoms with van der Waals surface area (Å²) in [5.74, 6) is -1.37. The third kappa shape index (κ3) is 11.9. The average Bonchev–Trinajstić information content (AvgIpc) is 2.88. The Labute approximate surface area is 222 Å². The molecule has 8 heteroatoms. The maximum Gasteiger partial charge on any atom is 0.255 e. The van der Waals surface area contributed by atoms with Gasteiger partial charge in [0.05, 0.1) is 5.75 Å². The van der Waals surface area contributed by atoms with Crippen molar-refractivity contribution in [3.63, 3.8) is 0 Å². The van der Waals surface area contributed by atoms with Crippen LogP contribution in [0.2, 0.25) is 0 Å². The van der Waals surface area contributed by atoms with E-state index in [9.17, 15) is 23.4 Å². The minimum Gasteiger partial charge on any atom is -0.506 e. The Morgan fingerprint density at radius 1 is 0.676 bits per heavy atom. The lowest BCUT2D eigenvalue weighted by atomic mass is 10.0. The van der Waals surface area contributed by atoms with Crippen LogP contribution in [0.4, 0.5) is 11.4 Å². The molecule has 0 saturated heterocycles. The van der Waals surface area contributed by atoms with Gasteiger partial charge in [-0.3, -0.25) is 9.52 Å². The first-order chi connectivity index (χ1) is 17.8. The zero-order chi connectivity index (χ0) is 26.9. The van der Waals surface area contributed by atoms with Crippen LogP contribution >= 0.6 is 0 Å². The first-order valence-electron chi connectivity index (χ1n) is 13.8. The summed E-state index contributed by atoms with van der Waals surface area (Å²) in [6.45, 7) is 2.24. The molecule has 0 unspecified atom stereocenters. The molecule has 7 nitrogen and oxygen atoms in total. The molecule has 2 aromatic carbocycles. The van der Waals surface area contributed by atoms with Crippen molar-refractivity contribution in [3.8, 4) is 11.5 Å². The van der Waals surface area contributed by atoms with Gasteiger partial charge in [-0.1, -0.05) is 109 Å². The van der Waals surface area contributed by atoms with Gasteiger partial charge in [0.1, 0.15) is 22.9 Å². The van der Waals surface area contributed by atoms with Gasteiger partial charge in [-0.15, -0.1) is 0 Å². The lowest BCUT2D eigenvalue weighted by Gasteiger charge is -2.16. The Morgan fingerprint density at radius 3 is 1.65 bits per heavy atom. The number of sulfonamides is 1. The Hall–Kier alpha value is -2.74. The number of carbonyl (C=O) groups excluding carboxylic acids is 1. The number of hydrogen-bond acceptors (Lipinski definition) is 5. The number of phenols is 2. The maximum atomic E-state index is 12.7. The van der Waals surface area contributed by atoms with Crippen molar-refractivity contribution in [1.82, 2.24) is 0 Å². The van der Waals surface area contributed by atoms with E-state index in [-0.39, 0.29) is 28.6 Å². The molecule has 0 fully saturated rings. The summed E-state index contributed by atoms with van der Waals surface area (Å²) in [6.07, 6.45) is 16.5. The molecular formula is C29H44N2O5S. The van der Waals surface area contributed by atoms with Gasteiger partial charge in [0, 0.05) is 5.56 Å². The molecule has 0 aliphatic carbocycles. The predicted molar refractivity (Wildman–Crippen MR) is 152 cm³/mol. The number of anilines is 2. The van der Waals surface area contributed by atoms with Gasteiger partial charge in [0.2, 0.25) is 10.0 Å². The summed E-state index contributed by atoms with van der Waals surface area (Å²) in [6, 6.07) is 10.7. The average molecular weight is 533 g/mol. The molecular weight excluding hydrogens is 488 g/mol. The zero-order valence-corrected chi connectivity index (χ0v) is 23.0. The molecule has 0 radical (unpaired) electrons. The fraction of sp³-hybridized carbons (Fsp3) is 0.552. The fourth-order valence-electron chi connectivity index (χ4n) is 4.28. The molecule has 0 atom stereocenters. The van der Waals surface area contributed by atoms with Gasteiger partial charge in [-0.05, 0) is 30.7 Å². The normalized spacial score (nSPS) is 11.4. The molecule has 0 aliphatic rings. The molecule has 4 N–H and O–H groups in total. The second kappa shape index (κ2) is 16.9. The highest BCUT2D eigenvalue weighted by molar-refractivity contribution is 7.92. The standard InChI is InChI=1S/C29H44N2O5S/c1-2-3-4-5-6-7-8-9-10-11-12-13-14-18-23-37(35,36)31-28-26(33)22-21-25(32)27(28)30-29(34)24-19-16-15-17-20-24/h15-17,19-22,31-33H,2-14,18,23H2,1H3,(H,30,34). The van der Waals surface area contributed by atoms with Crippen LogP contribution in [0, 0.1) is 0 Å². The van der Waals surface area contributed by atoms with E-state index < -0.39 is 15.9 Å². The van der Waals surface area contributed by atoms with Crippen LogP contribution in [0.3, 0.4) is 0 Å². The molecule has 0 aliphatic heterocycles. The Bertz CT molecular complexity index is 1040. The SMILES string of the molecule is CCCCCCCCCCCCCCCCS(=O)(=O)Nc1c(O)ccc(O)c1NC(=O)c1ccccc1. The van der Waals surface area contributed by atoms with E-state index in [1.165, 1.54) is 76.3 Å². The first-order valence-corrected chi connectivity index (χ1v) is 15.4. The third-order valence-electron chi connectivity index (χ3n) is 6.46. The number of hydrogen-bond donors (Lipinski definition) is 4. The molecule has 0 saturated carbocycles. The molecule has 37 heavy (non-hydrogen) atoms. The van der Waals surface area contributed by atoms with Crippen molar-refractivity contribution >= 4 is 27.3 Å². The number of aromatic hydroxyl groups is 2. The van der Waals surface area contributed by atoms with Crippen molar-refractivity contribution in [2.24, 2.45) is 0 Å². The number of unbranched alkanes of at least 4 members (excludes halogenated alkanes) is 13. The van der Waals surface area contributed by atoms with Crippen molar-refractivity contribution in [2.45, 2.75) is 96.8 Å². The summed E-state index contributed by atoms with van der Waals surface area (Å²) in [4.78, 5) is 12.5. The van der Waals surface area contributed by atoms with E-state index in [0.29, 0.717) is 12.0 Å². The smallest absolute Gasteiger partial charge is 0.255 e. The van der Waals surface area contributed by atoms with Crippen LogP contribution in [0.1, 0.15) is 107 Å². The highest BCUT2D eigenvalue weighted by atomic mass is 32.2. The van der Waals surface area contributed by atoms with Gasteiger partial charge in [0.25, 0.3) is 5.91 Å². The van der Waals surface area contributed by atoms with E-state index in [1.54, 1.807) is 30.3 Å². The second-order valence-electron chi connectivity index (χ2n) is 9.69. The van der Waals surface area contributed by atoms with E-state index in [4.69, 9.17) is 0 Å². The van der Waals surface area contributed by atoms with Crippen LogP contribution in [-0.2, 0) is 10.0 Å². The van der Waals surface area contributed by atoms with Crippen LogP contribution in [0.25, 0.3) is 0 Å². The van der Waals surface area contributed by atoms with Crippen molar-refractivity contribution in [1.29, 1.82) is 0 Å². The van der Waals surface area contributed by atoms with E-state index in [0.717, 1.165) is 19.3 Å². The van der Waals surface area contributed by atoms with Gasteiger partial charge < -0.3 is 15.5 Å². The number of rotatable bonds is 19. The van der Waals surface area contributed by atoms with Crippen LogP contribution < -0.4 is 10.0 Å². The van der Waals surface area contributed by atoms with Crippen LogP contribution in [-0.4, -0.2) is 30.3 Å². The van der Waals surface area contributed by atoms with Gasteiger partial charge in [0.15, 0.2) is 0 Å². The molecule has 0 bridgehead atoms. The maximum absolute atomic E-state index is 12.7. The highest BCUT2D eigenvalue weighted by Crippen LogP contribution is 2.40. The van der Waals surface area contributed by atoms with Gasteiger partial charge >= 0.3 is 0 Å². The van der Waals surface area contributed by atoms with Crippen molar-refractivity contribution < 1.29 is 23.4 Å². The summed E-state index contributed by atoms with van der Waals surface area (Å²) in [5.41, 5.74) is -0.0884. The number of nitrogens with one attached hydrogen (secondary N) is 2. The van der Waals surface area contributed by atoms with Crippen molar-refractivity contribution in [3.05, 3.63) is 48.0 Å². The molecule has 1 amide bonds. The predicted octanol–water partition coefficient (Wildman–Crippen LogP) is 7.57. The molecule has 0 spiro atoms. The van der Waals surface area contributed by atoms with Crippen LogP contribution in [0.5, 0.6) is 11.5 Å². The highest BCUT2D eigenvalue weighted by Gasteiger charge is 2.21. The van der Waals surface area contributed by atoms with Crippen LogP contribution in [0.15, 0.2) is 42.5 Å². The largest absolute Gasteiger partial charge is 0.506 e. The number of phenolic OH excluding ortho intramolecular Hbond substituents is 2. The molecule has 206 valence electrons. The summed E-state index contributed by atoms with van der Waals surface area (Å²) in [7, 11) is -3.79. The van der Waals surface area contributed by atoms with Crippen molar-refractivity contribution in [2.75, 3.05) is 15.8 Å². The fourth-order valence-corrected chi connectivity index (χ4v) is 5.48. The van der Waals surface area contributed by atoms with E-state index in [1.807, 2.05) is 0 Å². The Morgan fingerprint density at radius 2 is 1.14 bits per heavy atom. The zero-order valence-electron chi connectivity index (χ0n) is 22.2. The number of carbonyl (C=O) groups is 1. The lowest BCUT2D eigenvalue weighted by Crippen LogP contribution is -2.19. The molecule has 0 aromatic heterocycles.